The minimum absolute atomic E-state index is 0.147. The van der Waals surface area contributed by atoms with Gasteiger partial charge in [0.15, 0.2) is 0 Å². The minimum atomic E-state index is -0.388. The molecule has 1 N–H and O–H groups in total. The highest BCUT2D eigenvalue weighted by atomic mass is 16.5. The summed E-state index contributed by atoms with van der Waals surface area (Å²) in [5.41, 5.74) is 0.945. The third kappa shape index (κ3) is 2.58. The van der Waals surface area contributed by atoms with Crippen LogP contribution >= 0.6 is 0 Å². The Morgan fingerprint density at radius 3 is 2.63 bits per heavy atom. The smallest absolute Gasteiger partial charge is 0.243 e. The maximum atomic E-state index is 13.0. The molecule has 0 aromatic carbocycles. The van der Waals surface area contributed by atoms with Gasteiger partial charge in [0.05, 0.1) is 30.1 Å². The molecule has 5 unspecified atom stereocenters. The highest BCUT2D eigenvalue weighted by molar-refractivity contribution is 6.08. The van der Waals surface area contributed by atoms with Crippen molar-refractivity contribution < 1.29 is 19.1 Å². The normalized spacial score (nSPS) is 35.0. The SMILES string of the molecule is O=C1C2C3CCC(O3)C2C(=O)N1CC(=O)N1CCNCC1c1cccnc1. The molecule has 0 aliphatic carbocycles. The molecule has 0 spiro atoms. The molecule has 0 radical (unpaired) electrons. The zero-order valence-corrected chi connectivity index (χ0v) is 14.9. The van der Waals surface area contributed by atoms with Crippen LogP contribution in [0.25, 0.3) is 0 Å². The average Bonchev–Trinajstić information content (AvgIpc) is 3.39. The number of aromatic nitrogens is 1. The number of fused-ring (bicyclic) bond motifs is 5. The van der Waals surface area contributed by atoms with E-state index in [9.17, 15) is 14.4 Å². The van der Waals surface area contributed by atoms with E-state index in [0.29, 0.717) is 19.6 Å². The molecule has 8 heteroatoms. The van der Waals surface area contributed by atoms with Crippen molar-refractivity contribution in [2.75, 3.05) is 26.2 Å². The Hall–Kier alpha value is -2.32. The first kappa shape index (κ1) is 16.8. The summed E-state index contributed by atoms with van der Waals surface area (Å²) in [7, 11) is 0. The van der Waals surface area contributed by atoms with E-state index in [-0.39, 0.29) is 54.4 Å². The lowest BCUT2D eigenvalue weighted by Crippen LogP contribution is -2.52. The number of amides is 3. The molecule has 5 heterocycles. The number of nitrogens with one attached hydrogen (secondary N) is 1. The second kappa shape index (κ2) is 6.38. The van der Waals surface area contributed by atoms with Crippen molar-refractivity contribution in [3.63, 3.8) is 0 Å². The first-order chi connectivity index (χ1) is 13.1. The van der Waals surface area contributed by atoms with E-state index in [1.165, 1.54) is 4.90 Å². The van der Waals surface area contributed by atoms with Gasteiger partial charge in [-0.05, 0) is 24.5 Å². The van der Waals surface area contributed by atoms with Gasteiger partial charge >= 0.3 is 0 Å². The Kier molecular flexibility index (Phi) is 3.98. The van der Waals surface area contributed by atoms with Crippen molar-refractivity contribution in [2.24, 2.45) is 11.8 Å². The summed E-state index contributed by atoms with van der Waals surface area (Å²) in [6.45, 7) is 1.67. The van der Waals surface area contributed by atoms with Crippen LogP contribution in [0.2, 0.25) is 0 Å². The summed E-state index contributed by atoms with van der Waals surface area (Å²) in [6, 6.07) is 3.64. The van der Waals surface area contributed by atoms with Gasteiger partial charge in [-0.3, -0.25) is 24.3 Å². The van der Waals surface area contributed by atoms with Crippen LogP contribution in [0, 0.1) is 11.8 Å². The van der Waals surface area contributed by atoms with Gasteiger partial charge in [-0.25, -0.2) is 0 Å². The summed E-state index contributed by atoms with van der Waals surface area (Å²) in [6.07, 6.45) is 4.80. The molecule has 8 nitrogen and oxygen atoms in total. The third-order valence-corrected chi connectivity index (χ3v) is 6.30. The number of ether oxygens (including phenoxy) is 1. The van der Waals surface area contributed by atoms with Crippen LogP contribution in [-0.4, -0.2) is 70.9 Å². The Morgan fingerprint density at radius 1 is 1.22 bits per heavy atom. The predicted molar refractivity (Wildman–Crippen MR) is 93.2 cm³/mol. The molecular weight excluding hydrogens is 348 g/mol. The van der Waals surface area contributed by atoms with Crippen LogP contribution in [0.15, 0.2) is 24.5 Å². The number of nitrogens with zero attached hydrogens (tertiary/aromatic N) is 3. The molecule has 4 saturated heterocycles. The summed E-state index contributed by atoms with van der Waals surface area (Å²) < 4.78 is 5.75. The van der Waals surface area contributed by atoms with Gasteiger partial charge in [-0.1, -0.05) is 6.07 Å². The van der Waals surface area contributed by atoms with Gasteiger partial charge in [-0.15, -0.1) is 0 Å². The second-order valence-electron chi connectivity index (χ2n) is 7.70. The molecule has 4 aliphatic rings. The van der Waals surface area contributed by atoms with Crippen molar-refractivity contribution >= 4 is 17.7 Å². The minimum Gasteiger partial charge on any atom is -0.373 e. The van der Waals surface area contributed by atoms with Gasteiger partial charge in [-0.2, -0.15) is 0 Å². The molecule has 142 valence electrons. The molecule has 4 aliphatic heterocycles. The molecule has 27 heavy (non-hydrogen) atoms. The number of pyridine rings is 1. The van der Waals surface area contributed by atoms with Crippen LogP contribution in [0.1, 0.15) is 24.4 Å². The Bertz CT molecular complexity index is 757. The van der Waals surface area contributed by atoms with Crippen LogP contribution in [0.4, 0.5) is 0 Å². The number of likely N-dealkylation sites (tertiary alicyclic amines) is 1. The molecule has 1 aromatic heterocycles. The summed E-state index contributed by atoms with van der Waals surface area (Å²) in [4.78, 5) is 45.7. The lowest BCUT2D eigenvalue weighted by atomic mass is 9.81. The molecule has 3 amide bonds. The Balaban J connectivity index is 1.34. The number of imide groups is 1. The van der Waals surface area contributed by atoms with E-state index in [4.69, 9.17) is 4.74 Å². The van der Waals surface area contributed by atoms with Gasteiger partial charge < -0.3 is 15.0 Å². The summed E-state index contributed by atoms with van der Waals surface area (Å²) in [5.74, 6) is -1.44. The Morgan fingerprint density at radius 2 is 1.96 bits per heavy atom. The van der Waals surface area contributed by atoms with Crippen molar-refractivity contribution in [3.05, 3.63) is 30.1 Å². The van der Waals surface area contributed by atoms with Gasteiger partial charge in [0.1, 0.15) is 6.54 Å². The highest BCUT2D eigenvalue weighted by Gasteiger charge is 2.62. The number of rotatable bonds is 3. The first-order valence-corrected chi connectivity index (χ1v) is 9.56. The maximum Gasteiger partial charge on any atom is 0.243 e. The van der Waals surface area contributed by atoms with Crippen LogP contribution in [0.5, 0.6) is 0 Å². The lowest BCUT2D eigenvalue weighted by molar-refractivity contribution is -0.149. The van der Waals surface area contributed by atoms with E-state index in [0.717, 1.165) is 18.4 Å². The topological polar surface area (TPSA) is 91.8 Å². The van der Waals surface area contributed by atoms with Crippen LogP contribution in [0.3, 0.4) is 0 Å². The number of piperazine rings is 1. The van der Waals surface area contributed by atoms with Crippen LogP contribution < -0.4 is 5.32 Å². The molecule has 4 fully saturated rings. The van der Waals surface area contributed by atoms with Gasteiger partial charge in [0.25, 0.3) is 0 Å². The van der Waals surface area contributed by atoms with Crippen molar-refractivity contribution in [1.82, 2.24) is 20.1 Å². The number of carbonyl (C=O) groups excluding carboxylic acids is 3. The predicted octanol–water partition coefficient (Wildman–Crippen LogP) is -0.283. The van der Waals surface area contributed by atoms with Crippen molar-refractivity contribution in [1.29, 1.82) is 0 Å². The fourth-order valence-electron chi connectivity index (χ4n) is 5.03. The molecule has 0 saturated carbocycles. The maximum absolute atomic E-state index is 13.0. The van der Waals surface area contributed by atoms with E-state index in [1.54, 1.807) is 17.3 Å². The zero-order chi connectivity index (χ0) is 18.5. The molecule has 2 bridgehead atoms. The quantitative estimate of drug-likeness (QED) is 0.736. The van der Waals surface area contributed by atoms with Crippen LogP contribution in [-0.2, 0) is 19.1 Å². The summed E-state index contributed by atoms with van der Waals surface area (Å²) >= 11 is 0. The van der Waals surface area contributed by atoms with E-state index < -0.39 is 0 Å². The molecule has 5 atom stereocenters. The lowest BCUT2D eigenvalue weighted by Gasteiger charge is -2.37. The third-order valence-electron chi connectivity index (χ3n) is 6.30. The summed E-state index contributed by atoms with van der Waals surface area (Å²) in [5, 5.41) is 3.30. The average molecular weight is 370 g/mol. The second-order valence-corrected chi connectivity index (χ2v) is 7.70. The van der Waals surface area contributed by atoms with Gasteiger partial charge in [0.2, 0.25) is 17.7 Å². The van der Waals surface area contributed by atoms with Gasteiger partial charge in [0, 0.05) is 32.0 Å². The number of hydrogen-bond donors (Lipinski definition) is 1. The number of hydrogen-bond acceptors (Lipinski definition) is 6. The zero-order valence-electron chi connectivity index (χ0n) is 14.9. The highest BCUT2D eigenvalue weighted by Crippen LogP contribution is 2.48. The van der Waals surface area contributed by atoms with Crippen molar-refractivity contribution in [2.45, 2.75) is 31.1 Å². The van der Waals surface area contributed by atoms with E-state index in [2.05, 4.69) is 10.3 Å². The molecule has 1 aromatic rings. The molecule has 5 rings (SSSR count). The van der Waals surface area contributed by atoms with E-state index in [1.807, 2.05) is 12.1 Å². The first-order valence-electron chi connectivity index (χ1n) is 9.56. The monoisotopic (exact) mass is 370 g/mol. The Labute approximate surface area is 156 Å². The number of carbonyl (C=O) groups is 3. The molecular formula is C19H22N4O4. The van der Waals surface area contributed by atoms with Crippen molar-refractivity contribution in [3.8, 4) is 0 Å². The standard InChI is InChI=1S/C19H22N4O4/c24-15(22-7-6-21-9-12(22)11-2-1-5-20-8-11)10-23-18(25)16-13-3-4-14(27-13)17(16)19(23)26/h1-2,5,8,12-14,16-17,21H,3-4,6-7,9-10H2. The fourth-order valence-corrected chi connectivity index (χ4v) is 5.03. The fraction of sp³-hybridized carbons (Fsp3) is 0.579. The largest absolute Gasteiger partial charge is 0.373 e. The van der Waals surface area contributed by atoms with E-state index >= 15 is 0 Å².